The molecule has 6 heteroatoms. The van der Waals surface area contributed by atoms with E-state index in [1.165, 1.54) is 21.8 Å². The van der Waals surface area contributed by atoms with Crippen molar-refractivity contribution in [1.29, 1.82) is 0 Å². The predicted molar refractivity (Wildman–Crippen MR) is 131 cm³/mol. The second-order valence-electron chi connectivity index (χ2n) is 7.97. The molecule has 0 fully saturated rings. The van der Waals surface area contributed by atoms with E-state index >= 15 is 0 Å². The van der Waals surface area contributed by atoms with Gasteiger partial charge in [0.25, 0.3) is 0 Å². The van der Waals surface area contributed by atoms with Crippen molar-refractivity contribution >= 4 is 33.5 Å². The van der Waals surface area contributed by atoms with Crippen molar-refractivity contribution in [1.82, 2.24) is 4.57 Å². The molecule has 0 aliphatic carbocycles. The molecule has 0 radical (unpaired) electrons. The third kappa shape index (κ3) is 5.00. The maximum absolute atomic E-state index is 10.8. The number of carbonyl (C=O) groups is 1. The van der Waals surface area contributed by atoms with Crippen LogP contribution in [-0.4, -0.2) is 34.6 Å². The van der Waals surface area contributed by atoms with Crippen LogP contribution in [0.3, 0.4) is 0 Å². The number of aromatic nitrogens is 1. The number of hydrogen-bond acceptors (Lipinski definition) is 4. The number of carboxylic acid groups (broad SMARTS) is 1. The number of nitrogens with zero attached hydrogens (tertiary/aromatic N) is 2. The van der Waals surface area contributed by atoms with Crippen LogP contribution in [0.4, 0.5) is 0 Å². The Morgan fingerprint density at radius 3 is 2.27 bits per heavy atom. The van der Waals surface area contributed by atoms with E-state index in [1.807, 2.05) is 19.1 Å². The summed E-state index contributed by atoms with van der Waals surface area (Å²) in [5, 5.41) is 15.8. The maximum atomic E-state index is 10.8. The standard InChI is InChI=1S/C27H28N2O4/c1-3-8-23(20-13-14-26(19(2)17-20)32-18-27(30)31)28-33-16-15-29-24-11-6-4-9-21(24)22-10-5-7-12-25(22)29/h4-7,9-14,17H,3,8,15-16,18H2,1-2H3,(H,30,31)/b28-23-. The molecule has 0 aliphatic rings. The molecular formula is C27H28N2O4. The van der Waals surface area contributed by atoms with Gasteiger partial charge < -0.3 is 19.2 Å². The van der Waals surface area contributed by atoms with Gasteiger partial charge in [-0.05, 0) is 54.8 Å². The quantitative estimate of drug-likeness (QED) is 0.191. The molecule has 6 nitrogen and oxygen atoms in total. The molecule has 0 saturated heterocycles. The SMILES string of the molecule is CCC/C(=N/OCCn1c2ccccc2c2ccccc21)c1ccc(OCC(=O)O)c(C)c1. The fourth-order valence-electron chi connectivity index (χ4n) is 4.11. The number of para-hydroxylation sites is 2. The Balaban J connectivity index is 1.49. The van der Waals surface area contributed by atoms with Gasteiger partial charge in [0.15, 0.2) is 6.61 Å². The van der Waals surface area contributed by atoms with Gasteiger partial charge in [-0.15, -0.1) is 0 Å². The van der Waals surface area contributed by atoms with Gasteiger partial charge >= 0.3 is 5.97 Å². The van der Waals surface area contributed by atoms with Gasteiger partial charge in [-0.3, -0.25) is 0 Å². The van der Waals surface area contributed by atoms with Crippen molar-refractivity contribution in [3.63, 3.8) is 0 Å². The smallest absolute Gasteiger partial charge is 0.341 e. The molecule has 170 valence electrons. The van der Waals surface area contributed by atoms with E-state index in [2.05, 4.69) is 65.2 Å². The first-order valence-electron chi connectivity index (χ1n) is 11.2. The molecule has 3 aromatic carbocycles. The Hall–Kier alpha value is -3.80. The van der Waals surface area contributed by atoms with E-state index in [4.69, 9.17) is 14.7 Å². The van der Waals surface area contributed by atoms with E-state index < -0.39 is 5.97 Å². The predicted octanol–water partition coefficient (Wildman–Crippen LogP) is 5.79. The van der Waals surface area contributed by atoms with Crippen LogP contribution < -0.4 is 4.74 Å². The zero-order valence-corrected chi connectivity index (χ0v) is 19.0. The summed E-state index contributed by atoms with van der Waals surface area (Å²) >= 11 is 0. The Morgan fingerprint density at radius 2 is 1.67 bits per heavy atom. The molecule has 0 unspecified atom stereocenters. The van der Waals surface area contributed by atoms with Crippen molar-refractivity contribution in [3.8, 4) is 5.75 Å². The van der Waals surface area contributed by atoms with Crippen LogP contribution >= 0.6 is 0 Å². The van der Waals surface area contributed by atoms with Crippen LogP contribution in [0, 0.1) is 6.92 Å². The Kier molecular flexibility index (Phi) is 6.93. The van der Waals surface area contributed by atoms with E-state index in [9.17, 15) is 4.79 Å². The van der Waals surface area contributed by atoms with E-state index in [0.717, 1.165) is 29.7 Å². The van der Waals surface area contributed by atoms with E-state index in [-0.39, 0.29) is 6.61 Å². The molecule has 1 heterocycles. The molecule has 4 rings (SSSR count). The average Bonchev–Trinajstić information content (AvgIpc) is 3.14. The first-order chi connectivity index (χ1) is 16.1. The molecule has 1 aromatic heterocycles. The number of carboxylic acids is 1. The van der Waals surface area contributed by atoms with Gasteiger partial charge in [0.05, 0.1) is 12.3 Å². The zero-order valence-electron chi connectivity index (χ0n) is 19.0. The van der Waals surface area contributed by atoms with Crippen LogP contribution in [0.2, 0.25) is 0 Å². The molecule has 0 spiro atoms. The van der Waals surface area contributed by atoms with Crippen molar-refractivity contribution in [3.05, 3.63) is 77.9 Å². The number of hydrogen-bond donors (Lipinski definition) is 1. The number of aryl methyl sites for hydroxylation is 1. The third-order valence-corrected chi connectivity index (χ3v) is 5.61. The molecule has 1 N–H and O–H groups in total. The van der Waals surface area contributed by atoms with Crippen molar-refractivity contribution < 1.29 is 19.5 Å². The van der Waals surface area contributed by atoms with Gasteiger partial charge in [-0.2, -0.15) is 0 Å². The topological polar surface area (TPSA) is 73.0 Å². The third-order valence-electron chi connectivity index (χ3n) is 5.61. The summed E-state index contributed by atoms with van der Waals surface area (Å²) < 4.78 is 7.61. The Labute approximate surface area is 193 Å². The van der Waals surface area contributed by atoms with Gasteiger partial charge in [-0.25, -0.2) is 4.79 Å². The van der Waals surface area contributed by atoms with Crippen LogP contribution in [0.15, 0.2) is 71.9 Å². The summed E-state index contributed by atoms with van der Waals surface area (Å²) in [6.07, 6.45) is 1.72. The Bertz CT molecular complexity index is 1250. The second kappa shape index (κ2) is 10.2. The summed E-state index contributed by atoms with van der Waals surface area (Å²) in [7, 11) is 0. The molecular weight excluding hydrogens is 416 g/mol. The molecule has 0 atom stereocenters. The lowest BCUT2D eigenvalue weighted by Gasteiger charge is -2.11. The maximum Gasteiger partial charge on any atom is 0.341 e. The lowest BCUT2D eigenvalue weighted by atomic mass is 10.0. The van der Waals surface area contributed by atoms with Crippen LogP contribution in [0.25, 0.3) is 21.8 Å². The zero-order chi connectivity index (χ0) is 23.2. The average molecular weight is 445 g/mol. The number of rotatable bonds is 10. The van der Waals surface area contributed by atoms with E-state index in [1.54, 1.807) is 6.07 Å². The van der Waals surface area contributed by atoms with E-state index in [0.29, 0.717) is 18.9 Å². The van der Waals surface area contributed by atoms with Gasteiger partial charge in [0, 0.05) is 21.8 Å². The largest absolute Gasteiger partial charge is 0.482 e. The summed E-state index contributed by atoms with van der Waals surface area (Å²) in [5.41, 5.74) is 5.06. The minimum atomic E-state index is -0.997. The fraction of sp³-hybridized carbons (Fsp3) is 0.259. The number of ether oxygens (including phenoxy) is 1. The number of aliphatic carboxylic acids is 1. The van der Waals surface area contributed by atoms with Crippen molar-refractivity contribution in [2.45, 2.75) is 33.2 Å². The number of oxime groups is 1. The lowest BCUT2D eigenvalue weighted by Crippen LogP contribution is -2.10. The normalized spacial score (nSPS) is 11.8. The number of benzene rings is 3. The van der Waals surface area contributed by atoms with Crippen LogP contribution in [0.1, 0.15) is 30.9 Å². The van der Waals surface area contributed by atoms with Crippen molar-refractivity contribution in [2.24, 2.45) is 5.16 Å². The van der Waals surface area contributed by atoms with Crippen LogP contribution in [0.5, 0.6) is 5.75 Å². The highest BCUT2D eigenvalue weighted by Crippen LogP contribution is 2.28. The molecule has 4 aromatic rings. The highest BCUT2D eigenvalue weighted by molar-refractivity contribution is 6.08. The minimum absolute atomic E-state index is 0.359. The first-order valence-corrected chi connectivity index (χ1v) is 11.2. The second-order valence-corrected chi connectivity index (χ2v) is 7.97. The summed E-state index contributed by atoms with van der Waals surface area (Å²) in [6.45, 7) is 4.78. The Morgan fingerprint density at radius 1 is 1.00 bits per heavy atom. The highest BCUT2D eigenvalue weighted by atomic mass is 16.6. The first kappa shape index (κ1) is 22.4. The molecule has 0 saturated carbocycles. The molecule has 0 bridgehead atoms. The molecule has 0 amide bonds. The monoisotopic (exact) mass is 444 g/mol. The van der Waals surface area contributed by atoms with Gasteiger partial charge in [0.1, 0.15) is 12.4 Å². The van der Waals surface area contributed by atoms with Gasteiger partial charge in [0.2, 0.25) is 0 Å². The fourth-order valence-corrected chi connectivity index (χ4v) is 4.11. The summed E-state index contributed by atoms with van der Waals surface area (Å²) in [5.74, 6) is -0.437. The number of fused-ring (bicyclic) bond motifs is 3. The summed E-state index contributed by atoms with van der Waals surface area (Å²) in [6, 6.07) is 22.5. The van der Waals surface area contributed by atoms with Crippen LogP contribution in [-0.2, 0) is 16.2 Å². The highest BCUT2D eigenvalue weighted by Gasteiger charge is 2.11. The lowest BCUT2D eigenvalue weighted by molar-refractivity contribution is -0.139. The van der Waals surface area contributed by atoms with Crippen molar-refractivity contribution in [2.75, 3.05) is 13.2 Å². The molecule has 0 aliphatic heterocycles. The van der Waals surface area contributed by atoms with Gasteiger partial charge in [-0.1, -0.05) is 54.9 Å². The minimum Gasteiger partial charge on any atom is -0.482 e. The molecule has 33 heavy (non-hydrogen) atoms. The summed E-state index contributed by atoms with van der Waals surface area (Å²) in [4.78, 5) is 16.5.